The number of nitrogens with two attached hydrogens (primary N) is 1. The molecular weight excluding hydrogens is 219 g/mol. The second kappa shape index (κ2) is 3.55. The first kappa shape index (κ1) is 9.77. The average molecular weight is 228 g/mol. The predicted molar refractivity (Wildman–Crippen MR) is 62.8 cm³/mol. The summed E-state index contributed by atoms with van der Waals surface area (Å²) >= 11 is 0. The summed E-state index contributed by atoms with van der Waals surface area (Å²) in [6.07, 6.45) is 1.70. The van der Waals surface area contributed by atoms with Crippen LogP contribution in [0.3, 0.4) is 0 Å². The highest BCUT2D eigenvalue weighted by Gasteiger charge is 2.10. The molecule has 0 atom stereocenters. The molecule has 0 fully saturated rings. The zero-order valence-corrected chi connectivity index (χ0v) is 8.84. The molecule has 0 unspecified atom stereocenters. The second-order valence-corrected chi connectivity index (χ2v) is 3.68. The second-order valence-electron chi connectivity index (χ2n) is 3.68. The summed E-state index contributed by atoms with van der Waals surface area (Å²) in [5.41, 5.74) is 7.23. The van der Waals surface area contributed by atoms with Crippen molar-refractivity contribution in [2.24, 2.45) is 0 Å². The lowest BCUT2D eigenvalue weighted by molar-refractivity contribution is 0.630. The number of anilines is 1. The van der Waals surface area contributed by atoms with Crippen LogP contribution in [-0.2, 0) is 0 Å². The van der Waals surface area contributed by atoms with E-state index in [1.165, 1.54) is 6.07 Å². The molecule has 2 aromatic heterocycles. The van der Waals surface area contributed by atoms with E-state index in [2.05, 4.69) is 10.1 Å². The van der Waals surface area contributed by atoms with Gasteiger partial charge in [0, 0.05) is 18.0 Å². The summed E-state index contributed by atoms with van der Waals surface area (Å²) in [6.45, 7) is 0. The lowest BCUT2D eigenvalue weighted by Gasteiger charge is -1.95. The van der Waals surface area contributed by atoms with Crippen molar-refractivity contribution in [3.63, 3.8) is 0 Å². The van der Waals surface area contributed by atoms with Gasteiger partial charge in [-0.1, -0.05) is 12.1 Å². The van der Waals surface area contributed by atoms with Crippen LogP contribution in [0.2, 0.25) is 0 Å². The van der Waals surface area contributed by atoms with Gasteiger partial charge in [-0.2, -0.15) is 0 Å². The minimum Gasteiger partial charge on any atom is -0.399 e. The van der Waals surface area contributed by atoms with E-state index in [0.717, 1.165) is 0 Å². The van der Waals surface area contributed by atoms with Gasteiger partial charge >= 0.3 is 0 Å². The van der Waals surface area contributed by atoms with E-state index < -0.39 is 0 Å². The number of nitrogen functional groups attached to an aromatic ring is 1. The minimum atomic E-state index is -0.337. The Morgan fingerprint density at radius 1 is 1.18 bits per heavy atom. The molecule has 3 rings (SSSR count). The SMILES string of the molecule is Nc1ccn2nc(-c3ccccc3F)nc2c1. The van der Waals surface area contributed by atoms with Crippen molar-refractivity contribution in [3.8, 4) is 11.4 Å². The number of nitrogens with zero attached hydrogens (tertiary/aromatic N) is 3. The molecule has 0 bridgehead atoms. The van der Waals surface area contributed by atoms with Crippen LogP contribution < -0.4 is 5.73 Å². The fraction of sp³-hybridized carbons (Fsp3) is 0. The predicted octanol–water partition coefficient (Wildman–Crippen LogP) is 2.12. The highest BCUT2D eigenvalue weighted by molar-refractivity contribution is 5.60. The smallest absolute Gasteiger partial charge is 0.185 e. The quantitative estimate of drug-likeness (QED) is 0.694. The van der Waals surface area contributed by atoms with Crippen LogP contribution in [0.15, 0.2) is 42.6 Å². The monoisotopic (exact) mass is 228 g/mol. The van der Waals surface area contributed by atoms with Crippen LogP contribution in [0.5, 0.6) is 0 Å². The summed E-state index contributed by atoms with van der Waals surface area (Å²) in [5.74, 6) is 0.0186. The van der Waals surface area contributed by atoms with Crippen molar-refractivity contribution in [1.82, 2.24) is 14.6 Å². The third-order valence-electron chi connectivity index (χ3n) is 2.48. The van der Waals surface area contributed by atoms with Crippen LogP contribution in [0, 0.1) is 5.82 Å². The molecule has 0 saturated carbocycles. The summed E-state index contributed by atoms with van der Waals surface area (Å²) < 4.78 is 15.1. The number of pyridine rings is 1. The number of hydrogen-bond acceptors (Lipinski definition) is 3. The number of hydrogen-bond donors (Lipinski definition) is 1. The Kier molecular flexibility index (Phi) is 2.04. The maximum Gasteiger partial charge on any atom is 0.185 e. The maximum atomic E-state index is 13.6. The van der Waals surface area contributed by atoms with Crippen molar-refractivity contribution in [1.29, 1.82) is 0 Å². The first-order valence-corrected chi connectivity index (χ1v) is 5.11. The number of benzene rings is 1. The van der Waals surface area contributed by atoms with Gasteiger partial charge in [0.1, 0.15) is 5.82 Å². The lowest BCUT2D eigenvalue weighted by Crippen LogP contribution is -1.90. The van der Waals surface area contributed by atoms with Crippen molar-refractivity contribution in [3.05, 3.63) is 48.4 Å². The molecule has 1 aromatic carbocycles. The Hall–Kier alpha value is -2.43. The van der Waals surface area contributed by atoms with E-state index in [1.807, 2.05) is 0 Å². The fourth-order valence-corrected chi connectivity index (χ4v) is 1.65. The van der Waals surface area contributed by atoms with Crippen LogP contribution >= 0.6 is 0 Å². The fourth-order valence-electron chi connectivity index (χ4n) is 1.65. The summed E-state index contributed by atoms with van der Waals surface area (Å²) in [7, 11) is 0. The van der Waals surface area contributed by atoms with Gasteiger partial charge in [0.05, 0.1) is 5.56 Å². The molecule has 2 heterocycles. The maximum absolute atomic E-state index is 13.6. The third kappa shape index (κ3) is 1.61. The molecule has 0 aliphatic carbocycles. The van der Waals surface area contributed by atoms with Gasteiger partial charge in [0.25, 0.3) is 0 Å². The number of fused-ring (bicyclic) bond motifs is 1. The molecular formula is C12H9FN4. The molecule has 0 spiro atoms. The zero-order valence-electron chi connectivity index (χ0n) is 8.84. The van der Waals surface area contributed by atoms with Gasteiger partial charge in [-0.05, 0) is 18.2 Å². The van der Waals surface area contributed by atoms with E-state index in [4.69, 9.17) is 5.73 Å². The standard InChI is InChI=1S/C12H9FN4/c13-10-4-2-1-3-9(10)12-15-11-7-8(14)5-6-17(11)16-12/h1-7H,14H2. The van der Waals surface area contributed by atoms with E-state index >= 15 is 0 Å². The summed E-state index contributed by atoms with van der Waals surface area (Å²) in [5, 5.41) is 4.19. The molecule has 0 radical (unpaired) electrons. The van der Waals surface area contributed by atoms with Crippen molar-refractivity contribution in [2.75, 3.05) is 5.73 Å². The van der Waals surface area contributed by atoms with Crippen LogP contribution in [0.25, 0.3) is 17.0 Å². The van der Waals surface area contributed by atoms with E-state index in [1.54, 1.807) is 41.0 Å². The average Bonchev–Trinajstić information content (AvgIpc) is 2.72. The molecule has 5 heteroatoms. The van der Waals surface area contributed by atoms with Gasteiger partial charge in [-0.25, -0.2) is 13.9 Å². The van der Waals surface area contributed by atoms with Gasteiger partial charge in [-0.15, -0.1) is 5.10 Å². The molecule has 0 aliphatic heterocycles. The molecule has 4 nitrogen and oxygen atoms in total. The molecule has 0 aliphatic rings. The van der Waals surface area contributed by atoms with Crippen LogP contribution in [0.4, 0.5) is 10.1 Å². The Labute approximate surface area is 96.5 Å². The Balaban J connectivity index is 2.22. The van der Waals surface area contributed by atoms with E-state index in [0.29, 0.717) is 22.7 Å². The van der Waals surface area contributed by atoms with E-state index in [9.17, 15) is 4.39 Å². The number of rotatable bonds is 1. The summed E-state index contributed by atoms with van der Waals surface area (Å²) in [4.78, 5) is 4.24. The molecule has 0 amide bonds. The normalized spacial score (nSPS) is 10.9. The first-order chi connectivity index (χ1) is 8.24. The number of halogens is 1. The van der Waals surface area contributed by atoms with Gasteiger partial charge in [0.2, 0.25) is 0 Å². The van der Waals surface area contributed by atoms with Gasteiger partial charge in [-0.3, -0.25) is 0 Å². The minimum absolute atomic E-state index is 0.337. The third-order valence-corrected chi connectivity index (χ3v) is 2.48. The molecule has 0 saturated heterocycles. The molecule has 84 valence electrons. The molecule has 2 N–H and O–H groups in total. The Morgan fingerprint density at radius 3 is 2.82 bits per heavy atom. The first-order valence-electron chi connectivity index (χ1n) is 5.11. The van der Waals surface area contributed by atoms with Gasteiger partial charge in [0.15, 0.2) is 11.5 Å². The topological polar surface area (TPSA) is 56.2 Å². The Morgan fingerprint density at radius 2 is 2.00 bits per heavy atom. The lowest BCUT2D eigenvalue weighted by atomic mass is 10.2. The zero-order chi connectivity index (χ0) is 11.8. The van der Waals surface area contributed by atoms with Crippen molar-refractivity contribution < 1.29 is 4.39 Å². The Bertz CT molecular complexity index is 690. The van der Waals surface area contributed by atoms with Crippen molar-refractivity contribution in [2.45, 2.75) is 0 Å². The van der Waals surface area contributed by atoms with Gasteiger partial charge < -0.3 is 5.73 Å². The van der Waals surface area contributed by atoms with Crippen LogP contribution in [-0.4, -0.2) is 14.6 Å². The number of aromatic nitrogens is 3. The van der Waals surface area contributed by atoms with E-state index in [-0.39, 0.29) is 5.82 Å². The largest absolute Gasteiger partial charge is 0.399 e. The van der Waals surface area contributed by atoms with Crippen molar-refractivity contribution >= 4 is 11.3 Å². The highest BCUT2D eigenvalue weighted by Crippen LogP contribution is 2.20. The molecule has 3 aromatic rings. The molecule has 17 heavy (non-hydrogen) atoms. The van der Waals surface area contributed by atoms with Crippen LogP contribution in [0.1, 0.15) is 0 Å². The summed E-state index contributed by atoms with van der Waals surface area (Å²) in [6, 6.07) is 9.82. The highest BCUT2D eigenvalue weighted by atomic mass is 19.1.